The molecular formula is C96H78N6S. The van der Waals surface area contributed by atoms with Gasteiger partial charge in [-0.15, -0.1) is 0 Å². The molecule has 0 N–H and O–H groups in total. The highest BCUT2D eigenvalue weighted by Gasteiger charge is 2.37. The van der Waals surface area contributed by atoms with E-state index < -0.39 is 0 Å². The normalized spacial score (nSPS) is 11.9. The topological polar surface area (TPSA) is 19.4 Å². The zero-order chi connectivity index (χ0) is 69.8. The van der Waals surface area contributed by atoms with Crippen LogP contribution >= 0.6 is 11.8 Å². The summed E-state index contributed by atoms with van der Waals surface area (Å²) in [6, 6.07) is 139. The molecular weight excluding hydrogens is 1270 g/mol. The largest absolute Gasteiger partial charge is 0.311 e. The van der Waals surface area contributed by atoms with Crippen LogP contribution in [0.25, 0.3) is 11.1 Å². The molecule has 1 aliphatic carbocycles. The summed E-state index contributed by atoms with van der Waals surface area (Å²) in [7, 11) is 0. The smallest absolute Gasteiger partial charge is 0.0503 e. The Labute approximate surface area is 610 Å². The van der Waals surface area contributed by atoms with Crippen molar-refractivity contribution in [1.82, 2.24) is 0 Å². The molecule has 103 heavy (non-hydrogen) atoms. The summed E-state index contributed by atoms with van der Waals surface area (Å²) in [6.07, 6.45) is 0. The molecule has 0 saturated heterocycles. The quantitative estimate of drug-likeness (QED) is 0.0748. The van der Waals surface area contributed by atoms with Crippen LogP contribution in [0.5, 0.6) is 0 Å². The molecule has 0 atom stereocenters. The summed E-state index contributed by atoms with van der Waals surface area (Å²) in [6.45, 7) is 11.2. The summed E-state index contributed by atoms with van der Waals surface area (Å²) in [5.41, 5.74) is 27.4. The minimum Gasteiger partial charge on any atom is -0.311 e. The Kier molecular flexibility index (Phi) is 18.1. The third-order valence-electron chi connectivity index (χ3n) is 19.6. The molecule has 0 aromatic heterocycles. The first-order valence-corrected chi connectivity index (χ1v) is 36.1. The van der Waals surface area contributed by atoms with E-state index in [9.17, 15) is 0 Å². The molecule has 6 nitrogen and oxygen atoms in total. The minimum atomic E-state index is -0.368. The average molecular weight is 1350 g/mol. The van der Waals surface area contributed by atoms with Crippen molar-refractivity contribution < 1.29 is 0 Å². The van der Waals surface area contributed by atoms with Crippen molar-refractivity contribution >= 4 is 114 Å². The van der Waals surface area contributed by atoms with Crippen molar-refractivity contribution in [3.05, 3.63) is 410 Å². The molecule has 0 radical (unpaired) electrons. The van der Waals surface area contributed by atoms with Gasteiger partial charge >= 0.3 is 0 Å². The Hall–Kier alpha value is -12.6. The highest BCUT2D eigenvalue weighted by molar-refractivity contribution is 7.99. The number of nitrogens with zero attached hydrogens (tertiary/aromatic N) is 6. The lowest BCUT2D eigenvalue weighted by atomic mass is 9.82. The molecule has 498 valence electrons. The van der Waals surface area contributed by atoms with Crippen molar-refractivity contribution in [3.8, 4) is 11.1 Å². The number of para-hydroxylation sites is 6. The highest BCUT2D eigenvalue weighted by Crippen LogP contribution is 2.54. The first kappa shape index (κ1) is 65.1. The fourth-order valence-electron chi connectivity index (χ4n) is 14.4. The van der Waals surface area contributed by atoms with Gasteiger partial charge in [-0.3, -0.25) is 0 Å². The standard InChI is InChI=1S/C96H78N6S/c1-69-36-42-78(43-37-69)99(79-44-38-70(2)39-45-79)85-56-62-92-93-63-57-86(68-95(93)96(4,5)94(92)67-85)102(77-34-22-11-23-35-77)89-65-87(64-88(66-89)101(80-46-40-71(3)41-47-80)82-50-48-81(49-51-82)97(72-24-12-6-13-25-72)73-26-14-7-15-27-73)100(76-32-20-10-21-33-76)84-54-60-91(61-55-84)103-90-58-52-83(53-59-90)98(74-28-16-8-17-29-74)75-30-18-9-19-31-75/h6-68H,1-5H3. The van der Waals surface area contributed by atoms with Crippen molar-refractivity contribution in [2.45, 2.75) is 49.8 Å². The number of fused-ring (bicyclic) bond motifs is 3. The minimum absolute atomic E-state index is 0.368. The van der Waals surface area contributed by atoms with Crippen LogP contribution in [0.3, 0.4) is 0 Å². The average Bonchev–Trinajstić information content (AvgIpc) is 1.52. The molecule has 0 amide bonds. The fourth-order valence-corrected chi connectivity index (χ4v) is 15.2. The molecule has 0 spiro atoms. The number of rotatable bonds is 20. The molecule has 15 aromatic carbocycles. The third-order valence-corrected chi connectivity index (χ3v) is 20.6. The second-order valence-corrected chi connectivity index (χ2v) is 28.1. The zero-order valence-electron chi connectivity index (χ0n) is 58.5. The highest BCUT2D eigenvalue weighted by atomic mass is 32.2. The maximum atomic E-state index is 2.45. The van der Waals surface area contributed by atoms with Gasteiger partial charge in [-0.05, 0) is 267 Å². The molecule has 0 bridgehead atoms. The van der Waals surface area contributed by atoms with Crippen LogP contribution < -0.4 is 29.4 Å². The van der Waals surface area contributed by atoms with Crippen LogP contribution in [-0.4, -0.2) is 0 Å². The number of hydrogen-bond donors (Lipinski definition) is 0. The molecule has 0 heterocycles. The third kappa shape index (κ3) is 13.5. The predicted molar refractivity (Wildman–Crippen MR) is 437 cm³/mol. The Morgan fingerprint density at radius 2 is 0.369 bits per heavy atom. The summed E-state index contributed by atoms with van der Waals surface area (Å²) in [5, 5.41) is 0. The lowest BCUT2D eigenvalue weighted by molar-refractivity contribution is 0.660. The number of anilines is 18. The second kappa shape index (κ2) is 28.6. The molecule has 7 heteroatoms. The van der Waals surface area contributed by atoms with Crippen LogP contribution in [-0.2, 0) is 5.41 Å². The molecule has 16 rings (SSSR count). The Morgan fingerprint density at radius 3 is 0.621 bits per heavy atom. The summed E-state index contributed by atoms with van der Waals surface area (Å²) in [5.74, 6) is 0. The van der Waals surface area contributed by atoms with Gasteiger partial charge < -0.3 is 29.4 Å². The van der Waals surface area contributed by atoms with Gasteiger partial charge in [0.15, 0.2) is 0 Å². The van der Waals surface area contributed by atoms with E-state index >= 15 is 0 Å². The van der Waals surface area contributed by atoms with E-state index in [2.05, 4.69) is 446 Å². The molecule has 1 aliphatic rings. The van der Waals surface area contributed by atoms with Gasteiger partial charge in [0.2, 0.25) is 0 Å². The molecule has 0 saturated carbocycles. The second-order valence-electron chi connectivity index (χ2n) is 26.9. The van der Waals surface area contributed by atoms with E-state index in [0.717, 1.165) is 112 Å². The first-order chi connectivity index (χ1) is 50.5. The van der Waals surface area contributed by atoms with Crippen molar-refractivity contribution in [2.24, 2.45) is 0 Å². The summed E-state index contributed by atoms with van der Waals surface area (Å²) < 4.78 is 0. The van der Waals surface area contributed by atoms with Crippen LogP contribution in [0.4, 0.5) is 102 Å². The van der Waals surface area contributed by atoms with E-state index in [4.69, 9.17) is 0 Å². The van der Waals surface area contributed by atoms with Crippen LogP contribution in [0.15, 0.2) is 392 Å². The van der Waals surface area contributed by atoms with Crippen molar-refractivity contribution in [3.63, 3.8) is 0 Å². The molecule has 0 fully saturated rings. The van der Waals surface area contributed by atoms with Gasteiger partial charge in [0, 0.05) is 101 Å². The van der Waals surface area contributed by atoms with Crippen molar-refractivity contribution in [1.29, 1.82) is 0 Å². The van der Waals surface area contributed by atoms with E-state index in [-0.39, 0.29) is 5.41 Å². The number of aryl methyl sites for hydroxylation is 3. The van der Waals surface area contributed by atoms with E-state index in [1.807, 2.05) is 0 Å². The molecule has 0 aliphatic heterocycles. The van der Waals surface area contributed by atoms with Gasteiger partial charge in [-0.2, -0.15) is 0 Å². The number of hydrogen-bond acceptors (Lipinski definition) is 7. The number of benzene rings is 15. The monoisotopic (exact) mass is 1350 g/mol. The SMILES string of the molecule is Cc1ccc(N(c2ccc(N(c3ccccc3)c3ccccc3)cc2)c2cc(N(c3ccccc3)c3ccc(Sc4ccc(N(c5ccccc5)c5ccccc5)cc4)cc3)cc(N(c3ccccc3)c3ccc4c(c3)C(C)(C)c3cc(N(c5ccc(C)cc5)c5ccc(C)cc5)ccc3-4)c2)cc1. The van der Waals surface area contributed by atoms with E-state index in [1.165, 1.54) is 38.9 Å². The van der Waals surface area contributed by atoms with Crippen LogP contribution in [0.1, 0.15) is 41.7 Å². The van der Waals surface area contributed by atoms with Crippen molar-refractivity contribution in [2.75, 3.05) is 29.4 Å². The van der Waals surface area contributed by atoms with Gasteiger partial charge in [-0.25, -0.2) is 0 Å². The lowest BCUT2D eigenvalue weighted by Crippen LogP contribution is -2.18. The predicted octanol–water partition coefficient (Wildman–Crippen LogP) is 27.9. The zero-order valence-corrected chi connectivity index (χ0v) is 59.3. The van der Waals surface area contributed by atoms with Gasteiger partial charge in [-0.1, -0.05) is 200 Å². The van der Waals surface area contributed by atoms with Gasteiger partial charge in [0.1, 0.15) is 0 Å². The van der Waals surface area contributed by atoms with Crippen LogP contribution in [0.2, 0.25) is 0 Å². The van der Waals surface area contributed by atoms with Gasteiger partial charge in [0.25, 0.3) is 0 Å². The summed E-state index contributed by atoms with van der Waals surface area (Å²) >= 11 is 1.77. The fraction of sp³-hybridized carbons (Fsp3) is 0.0625. The Balaban J connectivity index is 0.834. The van der Waals surface area contributed by atoms with E-state index in [1.54, 1.807) is 11.8 Å². The lowest BCUT2D eigenvalue weighted by Gasteiger charge is -2.33. The maximum Gasteiger partial charge on any atom is 0.0503 e. The van der Waals surface area contributed by atoms with E-state index in [0.29, 0.717) is 0 Å². The summed E-state index contributed by atoms with van der Waals surface area (Å²) in [4.78, 5) is 16.6. The first-order valence-electron chi connectivity index (χ1n) is 35.3. The van der Waals surface area contributed by atoms with Gasteiger partial charge in [0.05, 0.1) is 17.1 Å². The Bertz CT molecular complexity index is 5250. The maximum absolute atomic E-state index is 2.45. The Morgan fingerprint density at radius 1 is 0.184 bits per heavy atom. The van der Waals surface area contributed by atoms with Crippen LogP contribution in [0, 0.1) is 20.8 Å². The molecule has 15 aromatic rings. The molecule has 0 unspecified atom stereocenters.